The SMILES string of the molecule is CC1=CCC=CC=CC(C(C)C)CCC2=CC(C1)OC2=O. The zero-order valence-electron chi connectivity index (χ0n) is 13.3. The minimum absolute atomic E-state index is 0.0660. The van der Waals surface area contributed by atoms with E-state index in [4.69, 9.17) is 4.74 Å². The summed E-state index contributed by atoms with van der Waals surface area (Å²) in [6, 6.07) is 0. The number of hydrogen-bond acceptors (Lipinski definition) is 2. The Morgan fingerprint density at radius 2 is 2.10 bits per heavy atom. The fourth-order valence-electron chi connectivity index (χ4n) is 2.83. The van der Waals surface area contributed by atoms with Crippen LogP contribution < -0.4 is 0 Å². The largest absolute Gasteiger partial charge is 0.454 e. The normalized spacial score (nSPS) is 27.1. The predicted molar refractivity (Wildman–Crippen MR) is 86.8 cm³/mol. The van der Waals surface area contributed by atoms with Crippen LogP contribution in [0, 0.1) is 11.8 Å². The maximum Gasteiger partial charge on any atom is 0.334 e. The smallest absolute Gasteiger partial charge is 0.334 e. The number of fused-ring (bicyclic) bond motifs is 1. The summed E-state index contributed by atoms with van der Waals surface area (Å²) in [7, 11) is 0. The lowest BCUT2D eigenvalue weighted by atomic mass is 9.89. The molecule has 0 aromatic rings. The van der Waals surface area contributed by atoms with Crippen LogP contribution in [-0.4, -0.2) is 12.1 Å². The second-order valence-electron chi connectivity index (χ2n) is 6.39. The number of allylic oxidation sites excluding steroid dienone is 5. The quantitative estimate of drug-likeness (QED) is 0.514. The van der Waals surface area contributed by atoms with E-state index >= 15 is 0 Å². The lowest BCUT2D eigenvalue weighted by Gasteiger charge is -2.16. The summed E-state index contributed by atoms with van der Waals surface area (Å²) in [5.74, 6) is 0.966. The zero-order chi connectivity index (χ0) is 15.2. The van der Waals surface area contributed by atoms with Crippen molar-refractivity contribution in [2.45, 2.75) is 52.6 Å². The minimum Gasteiger partial charge on any atom is -0.454 e. The summed E-state index contributed by atoms with van der Waals surface area (Å²) < 4.78 is 5.46. The van der Waals surface area contributed by atoms with Crippen LogP contribution in [-0.2, 0) is 9.53 Å². The Morgan fingerprint density at radius 1 is 1.29 bits per heavy atom. The second-order valence-corrected chi connectivity index (χ2v) is 6.39. The van der Waals surface area contributed by atoms with Gasteiger partial charge in [0.05, 0.1) is 0 Å². The van der Waals surface area contributed by atoms with E-state index < -0.39 is 0 Å². The molecule has 2 heteroatoms. The lowest BCUT2D eigenvalue weighted by molar-refractivity contribution is -0.139. The van der Waals surface area contributed by atoms with Gasteiger partial charge in [0.2, 0.25) is 0 Å². The molecule has 0 spiro atoms. The van der Waals surface area contributed by atoms with Gasteiger partial charge in [-0.2, -0.15) is 0 Å². The molecule has 2 bridgehead atoms. The van der Waals surface area contributed by atoms with Crippen LogP contribution in [0.1, 0.15) is 46.5 Å². The molecule has 0 saturated carbocycles. The first-order valence-corrected chi connectivity index (χ1v) is 7.97. The molecule has 0 radical (unpaired) electrons. The molecule has 2 nitrogen and oxygen atoms in total. The van der Waals surface area contributed by atoms with Crippen molar-refractivity contribution in [1.29, 1.82) is 0 Å². The number of esters is 1. The van der Waals surface area contributed by atoms with E-state index in [-0.39, 0.29) is 12.1 Å². The van der Waals surface area contributed by atoms with Crippen molar-refractivity contribution < 1.29 is 9.53 Å². The first-order chi connectivity index (χ1) is 10.1. The molecule has 2 atom stereocenters. The highest BCUT2D eigenvalue weighted by Gasteiger charge is 2.26. The van der Waals surface area contributed by atoms with Gasteiger partial charge in [-0.1, -0.05) is 49.8 Å². The third-order valence-electron chi connectivity index (χ3n) is 4.24. The molecule has 0 aromatic heterocycles. The molecule has 2 rings (SSSR count). The number of hydrogen-bond donors (Lipinski definition) is 0. The third-order valence-corrected chi connectivity index (χ3v) is 4.24. The van der Waals surface area contributed by atoms with E-state index in [1.165, 1.54) is 5.57 Å². The van der Waals surface area contributed by atoms with Crippen LogP contribution in [0.15, 0.2) is 47.6 Å². The lowest BCUT2D eigenvalue weighted by Crippen LogP contribution is -2.10. The van der Waals surface area contributed by atoms with Crippen molar-refractivity contribution in [2.24, 2.45) is 11.8 Å². The van der Waals surface area contributed by atoms with Crippen LogP contribution in [0.3, 0.4) is 0 Å². The second kappa shape index (κ2) is 7.44. The molecule has 0 aromatic carbocycles. The monoisotopic (exact) mass is 286 g/mol. The van der Waals surface area contributed by atoms with Gasteiger partial charge in [-0.3, -0.25) is 0 Å². The molecule has 0 N–H and O–H groups in total. The van der Waals surface area contributed by atoms with Gasteiger partial charge >= 0.3 is 5.97 Å². The molecule has 1 aliphatic heterocycles. The highest BCUT2D eigenvalue weighted by molar-refractivity contribution is 5.90. The zero-order valence-corrected chi connectivity index (χ0v) is 13.3. The molecular formula is C19H26O2. The standard InChI is InChI=1S/C19H26O2/c1-14(2)16-9-7-5-4-6-8-15(3)12-18-13-17(11-10-16)19(20)21-18/h4-5,7-9,13-14,16,18H,6,10-12H2,1-3H3. The molecule has 0 amide bonds. The van der Waals surface area contributed by atoms with Crippen LogP contribution in [0.4, 0.5) is 0 Å². The van der Waals surface area contributed by atoms with Gasteiger partial charge in [-0.25, -0.2) is 4.79 Å². The number of rotatable bonds is 1. The van der Waals surface area contributed by atoms with Gasteiger partial charge in [0, 0.05) is 12.0 Å². The van der Waals surface area contributed by atoms with Gasteiger partial charge in [0.15, 0.2) is 0 Å². The highest BCUT2D eigenvalue weighted by Crippen LogP contribution is 2.27. The first kappa shape index (κ1) is 15.8. The Morgan fingerprint density at radius 3 is 2.86 bits per heavy atom. The van der Waals surface area contributed by atoms with Gasteiger partial charge < -0.3 is 4.74 Å². The molecule has 114 valence electrons. The van der Waals surface area contributed by atoms with Crippen molar-refractivity contribution in [2.75, 3.05) is 0 Å². The Kier molecular flexibility index (Phi) is 5.60. The molecule has 0 saturated heterocycles. The average Bonchev–Trinajstić information content (AvgIpc) is 2.75. The van der Waals surface area contributed by atoms with Gasteiger partial charge in [0.25, 0.3) is 0 Å². The highest BCUT2D eigenvalue weighted by atomic mass is 16.5. The van der Waals surface area contributed by atoms with E-state index in [1.54, 1.807) is 0 Å². The van der Waals surface area contributed by atoms with Crippen LogP contribution in [0.5, 0.6) is 0 Å². The van der Waals surface area contributed by atoms with Gasteiger partial charge in [-0.05, 0) is 44.1 Å². The summed E-state index contributed by atoms with van der Waals surface area (Å²) in [4.78, 5) is 11.9. The molecular weight excluding hydrogens is 260 g/mol. The summed E-state index contributed by atoms with van der Waals surface area (Å²) in [5.41, 5.74) is 2.13. The molecule has 2 unspecified atom stereocenters. The summed E-state index contributed by atoms with van der Waals surface area (Å²) >= 11 is 0. The van der Waals surface area contributed by atoms with Crippen LogP contribution in [0.2, 0.25) is 0 Å². The number of ether oxygens (including phenoxy) is 1. The Hall–Kier alpha value is -1.57. The van der Waals surface area contributed by atoms with Crippen molar-refractivity contribution in [1.82, 2.24) is 0 Å². The maximum absolute atomic E-state index is 11.9. The average molecular weight is 286 g/mol. The fourth-order valence-corrected chi connectivity index (χ4v) is 2.83. The van der Waals surface area contributed by atoms with Crippen molar-refractivity contribution in [3.8, 4) is 0 Å². The van der Waals surface area contributed by atoms with Crippen molar-refractivity contribution in [3.63, 3.8) is 0 Å². The first-order valence-electron chi connectivity index (χ1n) is 7.97. The molecule has 2 aliphatic rings. The number of carbonyl (C=O) groups is 1. The van der Waals surface area contributed by atoms with Gasteiger partial charge in [0.1, 0.15) is 6.10 Å². The van der Waals surface area contributed by atoms with E-state index in [9.17, 15) is 4.79 Å². The summed E-state index contributed by atoms with van der Waals surface area (Å²) in [5, 5.41) is 0. The predicted octanol–water partition coefficient (Wildman–Crippen LogP) is 4.74. The van der Waals surface area contributed by atoms with Crippen LogP contribution in [0.25, 0.3) is 0 Å². The maximum atomic E-state index is 11.9. The third kappa shape index (κ3) is 4.73. The minimum atomic E-state index is -0.118. The van der Waals surface area contributed by atoms with Crippen molar-refractivity contribution in [3.05, 3.63) is 47.6 Å². The van der Waals surface area contributed by atoms with E-state index in [0.29, 0.717) is 11.8 Å². The summed E-state index contributed by atoms with van der Waals surface area (Å²) in [6.07, 6.45) is 16.4. The summed E-state index contributed by atoms with van der Waals surface area (Å²) in [6.45, 7) is 6.57. The Labute approximate surface area is 128 Å². The number of carbonyl (C=O) groups excluding carboxylic acids is 1. The molecule has 0 fully saturated rings. The molecule has 21 heavy (non-hydrogen) atoms. The Bertz CT molecular complexity index is 492. The Balaban J connectivity index is 2.16. The molecule has 1 heterocycles. The fraction of sp³-hybridized carbons (Fsp3) is 0.526. The molecule has 1 aliphatic carbocycles. The van der Waals surface area contributed by atoms with E-state index in [2.05, 4.69) is 51.2 Å². The van der Waals surface area contributed by atoms with Gasteiger partial charge in [-0.15, -0.1) is 0 Å². The van der Waals surface area contributed by atoms with Crippen molar-refractivity contribution >= 4 is 5.97 Å². The van der Waals surface area contributed by atoms with Crippen LogP contribution >= 0.6 is 0 Å². The van der Waals surface area contributed by atoms with E-state index in [0.717, 1.165) is 31.3 Å². The van der Waals surface area contributed by atoms with E-state index in [1.807, 2.05) is 6.08 Å². The topological polar surface area (TPSA) is 26.3 Å².